The fraction of sp³-hybridized carbons (Fsp3) is 0.333. The minimum Gasteiger partial charge on any atom is -0.345 e. The van der Waals surface area contributed by atoms with Crippen LogP contribution in [0.15, 0.2) is 29.8 Å². The summed E-state index contributed by atoms with van der Waals surface area (Å²) in [6.07, 6.45) is 2.09. The zero-order valence-electron chi connectivity index (χ0n) is 11.9. The molecule has 0 saturated carbocycles. The highest BCUT2D eigenvalue weighted by molar-refractivity contribution is 5.96. The van der Waals surface area contributed by atoms with Crippen LogP contribution in [0.1, 0.15) is 16.8 Å². The summed E-state index contributed by atoms with van der Waals surface area (Å²) in [6.45, 7) is 0.575. The van der Waals surface area contributed by atoms with Crippen LogP contribution in [0.25, 0.3) is 0 Å². The quantitative estimate of drug-likeness (QED) is 0.835. The van der Waals surface area contributed by atoms with E-state index in [-0.39, 0.29) is 18.0 Å². The molecule has 1 aliphatic rings. The largest absolute Gasteiger partial charge is 0.345 e. The van der Waals surface area contributed by atoms with Gasteiger partial charge < -0.3 is 9.80 Å². The van der Waals surface area contributed by atoms with Crippen molar-refractivity contribution in [3.8, 4) is 0 Å². The maximum atomic E-state index is 13.6. The molecule has 0 bridgehead atoms. The molecular formula is C15H16F2N2O2. The Labute approximate surface area is 121 Å². The van der Waals surface area contributed by atoms with Crippen LogP contribution in [0.5, 0.6) is 0 Å². The highest BCUT2D eigenvalue weighted by Gasteiger charge is 2.24. The highest BCUT2D eigenvalue weighted by Crippen LogP contribution is 2.17. The van der Waals surface area contributed by atoms with Crippen molar-refractivity contribution in [2.24, 2.45) is 0 Å². The maximum Gasteiger partial charge on any atom is 0.257 e. The molecule has 0 aliphatic carbocycles. The van der Waals surface area contributed by atoms with Gasteiger partial charge in [0.25, 0.3) is 5.91 Å². The molecule has 1 heterocycles. The second kappa shape index (κ2) is 6.03. The lowest BCUT2D eigenvalue weighted by Crippen LogP contribution is -2.37. The Morgan fingerprint density at radius 2 is 1.95 bits per heavy atom. The third-order valence-electron chi connectivity index (χ3n) is 3.34. The number of hydrogen-bond donors (Lipinski definition) is 0. The summed E-state index contributed by atoms with van der Waals surface area (Å²) in [4.78, 5) is 26.9. The van der Waals surface area contributed by atoms with E-state index >= 15 is 0 Å². The van der Waals surface area contributed by atoms with Gasteiger partial charge in [0, 0.05) is 38.8 Å². The smallest absolute Gasteiger partial charge is 0.257 e. The van der Waals surface area contributed by atoms with Crippen molar-refractivity contribution in [1.82, 2.24) is 9.80 Å². The Bertz CT molecular complexity index is 612. The number of halogens is 2. The van der Waals surface area contributed by atoms with Gasteiger partial charge in [0.05, 0.1) is 5.56 Å². The second-order valence-electron chi connectivity index (χ2n) is 5.05. The predicted octanol–water partition coefficient (Wildman–Crippen LogP) is 1.83. The molecule has 0 radical (unpaired) electrons. The number of rotatable bonds is 2. The van der Waals surface area contributed by atoms with Gasteiger partial charge in [-0.05, 0) is 18.6 Å². The summed E-state index contributed by atoms with van der Waals surface area (Å²) in [6, 6.07) is 2.88. The van der Waals surface area contributed by atoms with Crippen molar-refractivity contribution in [1.29, 1.82) is 0 Å². The van der Waals surface area contributed by atoms with Crippen LogP contribution in [-0.2, 0) is 4.79 Å². The first kappa shape index (κ1) is 15.2. The standard InChI is InChI=1S/C15H16F2N2O2/c1-18(2)14(20)10-5-7-19(8-6-10)15(21)12-4-3-11(16)9-13(12)17/h3-5,9H,6-8H2,1-2H3. The molecule has 0 atom stereocenters. The van der Waals surface area contributed by atoms with Crippen molar-refractivity contribution < 1.29 is 18.4 Å². The van der Waals surface area contributed by atoms with Gasteiger partial charge in [0.1, 0.15) is 11.6 Å². The Morgan fingerprint density at radius 1 is 1.24 bits per heavy atom. The van der Waals surface area contributed by atoms with Gasteiger partial charge in [-0.25, -0.2) is 8.78 Å². The maximum absolute atomic E-state index is 13.6. The monoisotopic (exact) mass is 294 g/mol. The van der Waals surface area contributed by atoms with Crippen LogP contribution < -0.4 is 0 Å². The molecule has 6 heteroatoms. The molecule has 0 fully saturated rings. The summed E-state index contributed by atoms with van der Waals surface area (Å²) in [5.74, 6) is -2.18. The van der Waals surface area contributed by atoms with E-state index in [9.17, 15) is 18.4 Å². The Kier molecular flexibility index (Phi) is 4.35. The van der Waals surface area contributed by atoms with Gasteiger partial charge in [0.2, 0.25) is 5.91 Å². The minimum atomic E-state index is -0.876. The number of carbonyl (C=O) groups excluding carboxylic acids is 2. The van der Waals surface area contributed by atoms with E-state index in [1.165, 1.54) is 9.80 Å². The Balaban J connectivity index is 2.11. The van der Waals surface area contributed by atoms with Crippen LogP contribution in [-0.4, -0.2) is 48.8 Å². The number of carbonyl (C=O) groups is 2. The van der Waals surface area contributed by atoms with Crippen molar-refractivity contribution >= 4 is 11.8 Å². The fourth-order valence-electron chi connectivity index (χ4n) is 2.17. The molecule has 2 rings (SSSR count). The number of likely N-dealkylation sites (N-methyl/N-ethyl adjacent to an activating group) is 1. The van der Waals surface area contributed by atoms with E-state index in [0.29, 0.717) is 24.6 Å². The zero-order chi connectivity index (χ0) is 15.6. The van der Waals surface area contributed by atoms with Crippen molar-refractivity contribution in [2.45, 2.75) is 6.42 Å². The summed E-state index contributed by atoms with van der Waals surface area (Å²) in [7, 11) is 3.32. The molecule has 0 N–H and O–H groups in total. The molecular weight excluding hydrogens is 278 g/mol. The average Bonchev–Trinajstić information content (AvgIpc) is 2.46. The molecule has 1 aromatic carbocycles. The first-order valence-corrected chi connectivity index (χ1v) is 6.55. The van der Waals surface area contributed by atoms with E-state index < -0.39 is 17.5 Å². The van der Waals surface area contributed by atoms with E-state index in [4.69, 9.17) is 0 Å². The fourth-order valence-corrected chi connectivity index (χ4v) is 2.17. The van der Waals surface area contributed by atoms with Crippen LogP contribution in [0, 0.1) is 11.6 Å². The number of nitrogens with zero attached hydrogens (tertiary/aromatic N) is 2. The number of hydrogen-bond acceptors (Lipinski definition) is 2. The van der Waals surface area contributed by atoms with Crippen molar-refractivity contribution in [3.63, 3.8) is 0 Å². The molecule has 0 aromatic heterocycles. The summed E-state index contributed by atoms with van der Waals surface area (Å²) < 4.78 is 26.5. The molecule has 0 unspecified atom stereocenters. The predicted molar refractivity (Wildman–Crippen MR) is 73.7 cm³/mol. The summed E-state index contributed by atoms with van der Waals surface area (Å²) in [5.41, 5.74) is 0.482. The third-order valence-corrected chi connectivity index (χ3v) is 3.34. The molecule has 0 saturated heterocycles. The first-order chi connectivity index (χ1) is 9.90. The SMILES string of the molecule is CN(C)C(=O)C1=CCN(C(=O)c2ccc(F)cc2F)CC1. The average molecular weight is 294 g/mol. The van der Waals surface area contributed by atoms with Crippen LogP contribution in [0.4, 0.5) is 8.78 Å². The minimum absolute atomic E-state index is 0.0879. The van der Waals surface area contributed by atoms with Crippen LogP contribution in [0.2, 0.25) is 0 Å². The van der Waals surface area contributed by atoms with Gasteiger partial charge in [-0.2, -0.15) is 0 Å². The van der Waals surface area contributed by atoms with Crippen LogP contribution in [0.3, 0.4) is 0 Å². The second-order valence-corrected chi connectivity index (χ2v) is 5.05. The highest BCUT2D eigenvalue weighted by atomic mass is 19.1. The lowest BCUT2D eigenvalue weighted by molar-refractivity contribution is -0.125. The Morgan fingerprint density at radius 3 is 2.48 bits per heavy atom. The lowest BCUT2D eigenvalue weighted by Gasteiger charge is -2.27. The topological polar surface area (TPSA) is 40.6 Å². The van der Waals surface area contributed by atoms with Gasteiger partial charge in [0.15, 0.2) is 0 Å². The summed E-state index contributed by atoms with van der Waals surface area (Å²) in [5, 5.41) is 0. The van der Waals surface area contributed by atoms with Gasteiger partial charge >= 0.3 is 0 Å². The molecule has 112 valence electrons. The molecule has 1 aromatic rings. The third kappa shape index (κ3) is 3.26. The molecule has 2 amide bonds. The number of amides is 2. The van der Waals surface area contributed by atoms with E-state index in [0.717, 1.165) is 12.1 Å². The normalized spacial score (nSPS) is 14.7. The van der Waals surface area contributed by atoms with Crippen molar-refractivity contribution in [2.75, 3.05) is 27.2 Å². The van der Waals surface area contributed by atoms with E-state index in [2.05, 4.69) is 0 Å². The molecule has 4 nitrogen and oxygen atoms in total. The molecule has 0 spiro atoms. The van der Waals surface area contributed by atoms with Crippen LogP contribution >= 0.6 is 0 Å². The summed E-state index contributed by atoms with van der Waals surface area (Å²) >= 11 is 0. The van der Waals surface area contributed by atoms with Crippen molar-refractivity contribution in [3.05, 3.63) is 47.0 Å². The zero-order valence-corrected chi connectivity index (χ0v) is 11.9. The molecule has 1 aliphatic heterocycles. The Hall–Kier alpha value is -2.24. The first-order valence-electron chi connectivity index (χ1n) is 6.55. The van der Waals surface area contributed by atoms with Gasteiger partial charge in [-0.3, -0.25) is 9.59 Å². The van der Waals surface area contributed by atoms with E-state index in [1.807, 2.05) is 0 Å². The van der Waals surface area contributed by atoms with Gasteiger partial charge in [-0.15, -0.1) is 0 Å². The van der Waals surface area contributed by atoms with E-state index in [1.54, 1.807) is 20.2 Å². The molecule has 21 heavy (non-hydrogen) atoms. The lowest BCUT2D eigenvalue weighted by atomic mass is 10.1. The number of benzene rings is 1. The van der Waals surface area contributed by atoms with Gasteiger partial charge in [-0.1, -0.05) is 6.08 Å².